The van der Waals surface area contributed by atoms with Crippen LogP contribution in [0.1, 0.15) is 65.2 Å². The molecule has 1 aliphatic rings. The van der Waals surface area contributed by atoms with Gasteiger partial charge in [-0.3, -0.25) is 0 Å². The topological polar surface area (TPSA) is 29.4 Å². The molecule has 2 nitrogen and oxygen atoms in total. The van der Waals surface area contributed by atoms with Crippen LogP contribution >= 0.6 is 0 Å². The predicted molar refractivity (Wildman–Crippen MR) is 60.3 cm³/mol. The number of nitrogens with zero attached hydrogens (tertiary/aromatic N) is 1. The van der Waals surface area contributed by atoms with Crippen LogP contribution in [0.3, 0.4) is 0 Å². The quantitative estimate of drug-likeness (QED) is 0.605. The molecule has 0 N–H and O–H groups in total. The zero-order valence-corrected chi connectivity index (χ0v) is 9.59. The average molecular weight is 197 g/mol. The Morgan fingerprint density at radius 2 is 2.07 bits per heavy atom. The minimum atomic E-state index is -0.191. The van der Waals surface area contributed by atoms with Crippen LogP contribution in [0, 0.1) is 10.8 Å². The summed E-state index contributed by atoms with van der Waals surface area (Å²) in [6.45, 7) is 4.36. The summed E-state index contributed by atoms with van der Waals surface area (Å²) >= 11 is 0. The summed E-state index contributed by atoms with van der Waals surface area (Å²) in [5, 5.41) is 3.52. The Morgan fingerprint density at radius 3 is 2.64 bits per heavy atom. The molecule has 0 aromatic carbocycles. The first kappa shape index (κ1) is 11.7. The maximum atomic E-state index is 11.1. The molecule has 82 valence electrons. The van der Waals surface area contributed by atoms with Gasteiger partial charge in [0.2, 0.25) is 0 Å². The van der Waals surface area contributed by atoms with Gasteiger partial charge in [0, 0.05) is 0 Å². The highest BCUT2D eigenvalue weighted by atomic mass is 16.3. The van der Waals surface area contributed by atoms with Crippen molar-refractivity contribution in [1.82, 2.24) is 0 Å². The Morgan fingerprint density at radius 1 is 1.29 bits per heavy atom. The van der Waals surface area contributed by atoms with Crippen LogP contribution in [0.25, 0.3) is 0 Å². The second kappa shape index (κ2) is 5.47. The molecule has 2 atom stereocenters. The van der Waals surface area contributed by atoms with Crippen molar-refractivity contribution >= 4 is 0 Å². The molecular formula is C12H23NO. The molecule has 0 aliphatic heterocycles. The van der Waals surface area contributed by atoms with Gasteiger partial charge in [0.25, 0.3) is 0 Å². The molecule has 1 saturated carbocycles. The zero-order valence-electron chi connectivity index (χ0n) is 9.59. The van der Waals surface area contributed by atoms with Gasteiger partial charge in [0.1, 0.15) is 5.54 Å². The van der Waals surface area contributed by atoms with Gasteiger partial charge in [-0.25, -0.2) is 0 Å². The van der Waals surface area contributed by atoms with Gasteiger partial charge in [0.05, 0.1) is 0 Å². The third-order valence-electron chi connectivity index (χ3n) is 3.67. The fourth-order valence-corrected chi connectivity index (χ4v) is 2.98. The minimum absolute atomic E-state index is 0.191. The van der Waals surface area contributed by atoms with E-state index in [0.717, 1.165) is 19.3 Å². The van der Waals surface area contributed by atoms with Gasteiger partial charge in [-0.15, -0.1) is 0 Å². The molecule has 2 unspecified atom stereocenters. The molecule has 0 bridgehead atoms. The van der Waals surface area contributed by atoms with Crippen LogP contribution in [-0.4, -0.2) is 5.54 Å². The summed E-state index contributed by atoms with van der Waals surface area (Å²) in [7, 11) is 0. The van der Waals surface area contributed by atoms with Crippen LogP contribution in [0.15, 0.2) is 5.18 Å². The van der Waals surface area contributed by atoms with Gasteiger partial charge in [-0.05, 0) is 31.6 Å². The van der Waals surface area contributed by atoms with Crippen molar-refractivity contribution in [2.75, 3.05) is 0 Å². The lowest BCUT2D eigenvalue weighted by Gasteiger charge is -2.38. The van der Waals surface area contributed by atoms with E-state index in [0.29, 0.717) is 5.92 Å². The van der Waals surface area contributed by atoms with Gasteiger partial charge >= 0.3 is 0 Å². The van der Waals surface area contributed by atoms with Crippen molar-refractivity contribution in [2.45, 2.75) is 70.8 Å². The number of rotatable bonds is 5. The van der Waals surface area contributed by atoms with E-state index in [4.69, 9.17) is 0 Å². The van der Waals surface area contributed by atoms with Crippen LogP contribution in [-0.2, 0) is 0 Å². The third kappa shape index (κ3) is 2.34. The van der Waals surface area contributed by atoms with E-state index in [2.05, 4.69) is 19.0 Å². The Hall–Kier alpha value is -0.400. The maximum absolute atomic E-state index is 11.1. The first-order valence-electron chi connectivity index (χ1n) is 6.13. The summed E-state index contributed by atoms with van der Waals surface area (Å²) in [5.41, 5.74) is -0.191. The number of hydrogen-bond donors (Lipinski definition) is 0. The van der Waals surface area contributed by atoms with Crippen molar-refractivity contribution in [3.63, 3.8) is 0 Å². The Labute approximate surface area is 87.4 Å². The van der Waals surface area contributed by atoms with Crippen LogP contribution in [0.4, 0.5) is 0 Å². The summed E-state index contributed by atoms with van der Waals surface area (Å²) in [4.78, 5) is 11.1. The first-order chi connectivity index (χ1) is 6.79. The second-order valence-corrected chi connectivity index (χ2v) is 4.68. The fourth-order valence-electron chi connectivity index (χ4n) is 2.98. The van der Waals surface area contributed by atoms with Gasteiger partial charge in [0.15, 0.2) is 0 Å². The predicted octanol–water partition coefficient (Wildman–Crippen LogP) is 4.28. The first-order valence-corrected chi connectivity index (χ1v) is 6.13. The van der Waals surface area contributed by atoms with E-state index in [-0.39, 0.29) is 5.54 Å². The van der Waals surface area contributed by atoms with Crippen LogP contribution in [0.2, 0.25) is 0 Å². The Kier molecular flexibility index (Phi) is 4.56. The van der Waals surface area contributed by atoms with Crippen molar-refractivity contribution < 1.29 is 0 Å². The molecule has 0 radical (unpaired) electrons. The molecule has 0 aromatic rings. The smallest absolute Gasteiger partial charge is 0.105 e. The highest BCUT2D eigenvalue weighted by Crippen LogP contribution is 2.42. The summed E-state index contributed by atoms with van der Waals surface area (Å²) in [5.74, 6) is 0.568. The van der Waals surface area contributed by atoms with Crippen molar-refractivity contribution in [1.29, 1.82) is 0 Å². The fraction of sp³-hybridized carbons (Fsp3) is 1.00. The zero-order chi connectivity index (χ0) is 10.4. The maximum Gasteiger partial charge on any atom is 0.105 e. The van der Waals surface area contributed by atoms with Gasteiger partial charge in [-0.1, -0.05) is 44.7 Å². The van der Waals surface area contributed by atoms with Gasteiger partial charge < -0.3 is 0 Å². The molecule has 0 amide bonds. The number of hydrogen-bond acceptors (Lipinski definition) is 2. The van der Waals surface area contributed by atoms with E-state index >= 15 is 0 Å². The number of nitroso groups, excluding NO2 is 1. The van der Waals surface area contributed by atoms with E-state index in [1.165, 1.54) is 32.1 Å². The van der Waals surface area contributed by atoms with Gasteiger partial charge in [-0.2, -0.15) is 4.91 Å². The molecule has 2 heteroatoms. The van der Waals surface area contributed by atoms with E-state index in [1.807, 2.05) is 0 Å². The largest absolute Gasteiger partial charge is 0.150 e. The summed E-state index contributed by atoms with van der Waals surface area (Å²) in [6.07, 6.45) is 9.22. The lowest BCUT2D eigenvalue weighted by atomic mass is 9.69. The monoisotopic (exact) mass is 197 g/mol. The highest BCUT2D eigenvalue weighted by molar-refractivity contribution is 4.96. The van der Waals surface area contributed by atoms with Crippen LogP contribution < -0.4 is 0 Å². The molecule has 0 aromatic heterocycles. The highest BCUT2D eigenvalue weighted by Gasteiger charge is 2.40. The van der Waals surface area contributed by atoms with E-state index < -0.39 is 0 Å². The van der Waals surface area contributed by atoms with Crippen LogP contribution in [0.5, 0.6) is 0 Å². The normalized spacial score (nSPS) is 32.9. The second-order valence-electron chi connectivity index (χ2n) is 4.68. The molecule has 0 heterocycles. The molecule has 1 aliphatic carbocycles. The lowest BCUT2D eigenvalue weighted by molar-refractivity contribution is 0.165. The Balaban J connectivity index is 2.69. The molecule has 1 fully saturated rings. The third-order valence-corrected chi connectivity index (χ3v) is 3.67. The Bertz CT molecular complexity index is 175. The van der Waals surface area contributed by atoms with E-state index in [9.17, 15) is 4.91 Å². The van der Waals surface area contributed by atoms with Crippen molar-refractivity contribution in [2.24, 2.45) is 11.1 Å². The molecule has 0 spiro atoms. The lowest BCUT2D eigenvalue weighted by Crippen LogP contribution is -2.38. The SMILES string of the molecule is CCCC1CCCCC1(CCC)N=O. The van der Waals surface area contributed by atoms with Crippen molar-refractivity contribution in [3.8, 4) is 0 Å². The molecule has 14 heavy (non-hydrogen) atoms. The summed E-state index contributed by atoms with van der Waals surface area (Å²) in [6, 6.07) is 0. The standard InChI is InChI=1S/C12H23NO/c1-3-7-11-8-5-6-10-12(11,13-14)9-4-2/h11H,3-10H2,1-2H3. The van der Waals surface area contributed by atoms with Crippen molar-refractivity contribution in [3.05, 3.63) is 4.91 Å². The average Bonchev–Trinajstić information content (AvgIpc) is 2.22. The molecular weight excluding hydrogens is 174 g/mol. The minimum Gasteiger partial charge on any atom is -0.150 e. The molecule has 1 rings (SSSR count). The summed E-state index contributed by atoms with van der Waals surface area (Å²) < 4.78 is 0. The van der Waals surface area contributed by atoms with E-state index in [1.54, 1.807) is 0 Å². The molecule has 0 saturated heterocycles.